The van der Waals surface area contributed by atoms with Crippen molar-refractivity contribution < 1.29 is 14.0 Å². The maximum Gasteiger partial charge on any atom is 0.321 e. The van der Waals surface area contributed by atoms with Crippen LogP contribution in [0.2, 0.25) is 0 Å². The van der Waals surface area contributed by atoms with Crippen molar-refractivity contribution >= 4 is 11.9 Å². The molecule has 3 amide bonds. The summed E-state index contributed by atoms with van der Waals surface area (Å²) in [7, 11) is 0. The zero-order chi connectivity index (χ0) is 17.0. The molecule has 126 valence electrons. The monoisotopic (exact) mass is 321 g/mol. The van der Waals surface area contributed by atoms with E-state index in [4.69, 9.17) is 0 Å². The van der Waals surface area contributed by atoms with E-state index in [2.05, 4.69) is 10.6 Å². The summed E-state index contributed by atoms with van der Waals surface area (Å²) in [5.41, 5.74) is 0.602. The van der Waals surface area contributed by atoms with Gasteiger partial charge in [0, 0.05) is 11.6 Å². The van der Waals surface area contributed by atoms with Gasteiger partial charge < -0.3 is 5.32 Å². The molecular formula is C17H24FN3O2. The van der Waals surface area contributed by atoms with Gasteiger partial charge in [0.1, 0.15) is 5.82 Å². The van der Waals surface area contributed by atoms with Crippen molar-refractivity contribution in [3.63, 3.8) is 0 Å². The summed E-state index contributed by atoms with van der Waals surface area (Å²) >= 11 is 0. The molecule has 1 heterocycles. The minimum Gasteiger partial charge on any atom is -0.333 e. The van der Waals surface area contributed by atoms with Crippen LogP contribution < -0.4 is 10.6 Å². The molecule has 0 radical (unpaired) electrons. The maximum atomic E-state index is 13.0. The molecule has 0 saturated carbocycles. The van der Waals surface area contributed by atoms with Crippen LogP contribution in [0.3, 0.4) is 0 Å². The van der Waals surface area contributed by atoms with Gasteiger partial charge in [-0.3, -0.25) is 15.0 Å². The number of halogens is 1. The lowest BCUT2D eigenvalue weighted by atomic mass is 10.0. The highest BCUT2D eigenvalue weighted by Gasteiger charge is 2.28. The zero-order valence-electron chi connectivity index (χ0n) is 13.9. The number of urea groups is 1. The van der Waals surface area contributed by atoms with Crippen molar-refractivity contribution in [1.82, 2.24) is 15.5 Å². The largest absolute Gasteiger partial charge is 0.333 e. The molecule has 1 atom stereocenters. The first-order chi connectivity index (χ1) is 10.7. The molecule has 1 aliphatic rings. The molecular weight excluding hydrogens is 297 g/mol. The van der Waals surface area contributed by atoms with Crippen LogP contribution in [0.4, 0.5) is 9.18 Å². The fourth-order valence-corrected chi connectivity index (χ4v) is 2.80. The smallest absolute Gasteiger partial charge is 0.321 e. The molecule has 2 N–H and O–H groups in total. The van der Waals surface area contributed by atoms with E-state index in [0.29, 0.717) is 0 Å². The SMILES string of the molecule is CC(C)(C)NC(=O)NC(=O)CN1CCCC1c1ccc(F)cc1. The summed E-state index contributed by atoms with van der Waals surface area (Å²) in [5.74, 6) is -0.601. The Labute approximate surface area is 136 Å². The average molecular weight is 321 g/mol. The topological polar surface area (TPSA) is 61.4 Å². The minimum absolute atomic E-state index is 0.0898. The predicted octanol–water partition coefficient (Wildman–Crippen LogP) is 2.59. The standard InChI is InChI=1S/C17H24FN3O2/c1-17(2,3)20-16(23)19-15(22)11-21-10-4-5-14(21)12-6-8-13(18)9-7-12/h6-9,14H,4-5,10-11H2,1-3H3,(H2,19,20,22,23). The van der Waals surface area contributed by atoms with Crippen molar-refractivity contribution in [3.8, 4) is 0 Å². The third-order valence-electron chi connectivity index (χ3n) is 3.71. The molecule has 1 saturated heterocycles. The number of carbonyl (C=O) groups is 2. The van der Waals surface area contributed by atoms with Gasteiger partial charge in [0.25, 0.3) is 0 Å². The van der Waals surface area contributed by atoms with Crippen molar-refractivity contribution in [1.29, 1.82) is 0 Å². The Morgan fingerprint density at radius 3 is 2.52 bits per heavy atom. The number of hydrogen-bond acceptors (Lipinski definition) is 3. The van der Waals surface area contributed by atoms with Crippen LogP contribution in [-0.2, 0) is 4.79 Å². The molecule has 1 unspecified atom stereocenters. The Kier molecular flexibility index (Phi) is 5.36. The number of benzene rings is 1. The Balaban J connectivity index is 1.92. The van der Waals surface area contributed by atoms with Crippen LogP contribution in [0.15, 0.2) is 24.3 Å². The number of nitrogens with one attached hydrogen (secondary N) is 2. The van der Waals surface area contributed by atoms with E-state index < -0.39 is 11.6 Å². The second-order valence-corrected chi connectivity index (χ2v) is 6.93. The number of carbonyl (C=O) groups excluding carboxylic acids is 2. The Bertz CT molecular complexity index is 566. The Morgan fingerprint density at radius 2 is 1.91 bits per heavy atom. The predicted molar refractivity (Wildman–Crippen MR) is 86.4 cm³/mol. The molecule has 0 bridgehead atoms. The molecule has 5 nitrogen and oxygen atoms in total. The molecule has 1 fully saturated rings. The minimum atomic E-state index is -0.486. The van der Waals surface area contributed by atoms with E-state index >= 15 is 0 Å². The van der Waals surface area contributed by atoms with Crippen molar-refractivity contribution in [2.75, 3.05) is 13.1 Å². The third kappa shape index (κ3) is 5.32. The summed E-state index contributed by atoms with van der Waals surface area (Å²) in [4.78, 5) is 25.8. The second kappa shape index (κ2) is 7.08. The molecule has 0 aromatic heterocycles. The van der Waals surface area contributed by atoms with Gasteiger partial charge in [-0.25, -0.2) is 9.18 Å². The first kappa shape index (κ1) is 17.4. The van der Waals surface area contributed by atoms with Crippen molar-refractivity contribution in [2.45, 2.75) is 45.2 Å². The van der Waals surface area contributed by atoms with Gasteiger partial charge in [-0.2, -0.15) is 0 Å². The number of rotatable bonds is 3. The molecule has 1 aromatic carbocycles. The summed E-state index contributed by atoms with van der Waals surface area (Å²) in [6, 6.07) is 5.98. The highest BCUT2D eigenvalue weighted by molar-refractivity contribution is 5.95. The van der Waals surface area contributed by atoms with Crippen LogP contribution >= 0.6 is 0 Å². The normalized spacial score (nSPS) is 18.7. The van der Waals surface area contributed by atoms with Crippen LogP contribution in [0.5, 0.6) is 0 Å². The lowest BCUT2D eigenvalue weighted by Gasteiger charge is -2.25. The lowest BCUT2D eigenvalue weighted by Crippen LogP contribution is -2.50. The lowest BCUT2D eigenvalue weighted by molar-refractivity contribution is -0.121. The fourth-order valence-electron chi connectivity index (χ4n) is 2.80. The van der Waals surface area contributed by atoms with E-state index in [1.54, 1.807) is 12.1 Å². The summed E-state index contributed by atoms with van der Waals surface area (Å²) in [5, 5.41) is 5.05. The molecule has 0 spiro atoms. The first-order valence-electron chi connectivity index (χ1n) is 7.86. The van der Waals surface area contributed by atoms with Gasteiger partial charge in [0.2, 0.25) is 5.91 Å². The van der Waals surface area contributed by atoms with Gasteiger partial charge in [-0.1, -0.05) is 12.1 Å². The van der Waals surface area contributed by atoms with Crippen LogP contribution in [0.1, 0.15) is 45.2 Å². The maximum absolute atomic E-state index is 13.0. The summed E-state index contributed by atoms with van der Waals surface area (Å²) in [6.07, 6.45) is 1.90. The van der Waals surface area contributed by atoms with Crippen molar-refractivity contribution in [3.05, 3.63) is 35.6 Å². The Morgan fingerprint density at radius 1 is 1.26 bits per heavy atom. The van der Waals surface area contributed by atoms with E-state index in [1.807, 2.05) is 25.7 Å². The molecule has 23 heavy (non-hydrogen) atoms. The van der Waals surface area contributed by atoms with E-state index in [1.165, 1.54) is 12.1 Å². The van der Waals surface area contributed by atoms with Crippen LogP contribution in [0, 0.1) is 5.82 Å². The first-order valence-corrected chi connectivity index (χ1v) is 7.86. The third-order valence-corrected chi connectivity index (χ3v) is 3.71. The fraction of sp³-hybridized carbons (Fsp3) is 0.529. The van der Waals surface area contributed by atoms with Gasteiger partial charge in [-0.15, -0.1) is 0 Å². The van der Waals surface area contributed by atoms with E-state index in [0.717, 1.165) is 24.9 Å². The quantitative estimate of drug-likeness (QED) is 0.899. The number of hydrogen-bond donors (Lipinski definition) is 2. The van der Waals surface area contributed by atoms with E-state index in [-0.39, 0.29) is 24.3 Å². The van der Waals surface area contributed by atoms with Gasteiger partial charge in [0.15, 0.2) is 0 Å². The molecule has 6 heteroatoms. The van der Waals surface area contributed by atoms with Crippen LogP contribution in [-0.4, -0.2) is 35.5 Å². The zero-order valence-corrected chi connectivity index (χ0v) is 13.9. The van der Waals surface area contributed by atoms with E-state index in [9.17, 15) is 14.0 Å². The number of amides is 3. The molecule has 1 aromatic rings. The average Bonchev–Trinajstić information content (AvgIpc) is 2.85. The summed E-state index contributed by atoms with van der Waals surface area (Å²) < 4.78 is 13.0. The van der Waals surface area contributed by atoms with Crippen molar-refractivity contribution in [2.24, 2.45) is 0 Å². The molecule has 1 aliphatic heterocycles. The Hall–Kier alpha value is -1.95. The highest BCUT2D eigenvalue weighted by atomic mass is 19.1. The second-order valence-electron chi connectivity index (χ2n) is 6.93. The molecule has 0 aliphatic carbocycles. The number of likely N-dealkylation sites (tertiary alicyclic amines) is 1. The van der Waals surface area contributed by atoms with Crippen LogP contribution in [0.25, 0.3) is 0 Å². The van der Waals surface area contributed by atoms with Gasteiger partial charge in [0.05, 0.1) is 6.54 Å². The van der Waals surface area contributed by atoms with Gasteiger partial charge >= 0.3 is 6.03 Å². The highest BCUT2D eigenvalue weighted by Crippen LogP contribution is 2.31. The van der Waals surface area contributed by atoms with Gasteiger partial charge in [-0.05, 0) is 57.9 Å². The number of nitrogens with zero attached hydrogens (tertiary/aromatic N) is 1. The summed E-state index contributed by atoms with van der Waals surface area (Å²) in [6.45, 7) is 6.49. The molecule has 2 rings (SSSR count). The number of imide groups is 1.